The van der Waals surface area contributed by atoms with E-state index in [0.717, 1.165) is 0 Å². The molecule has 9 heteroatoms. The summed E-state index contributed by atoms with van der Waals surface area (Å²) in [6.45, 7) is 0.146. The van der Waals surface area contributed by atoms with Gasteiger partial charge in [-0.25, -0.2) is 9.18 Å². The van der Waals surface area contributed by atoms with Crippen molar-refractivity contribution in [1.29, 1.82) is 0 Å². The smallest absolute Gasteiger partial charge is 0.412 e. The van der Waals surface area contributed by atoms with E-state index in [0.29, 0.717) is 5.69 Å². The SMILES string of the molecule is CCC(OC(=O)Nc1ccccc1)C(=O)NC(CC(=O)O)C(=O)CF. The minimum Gasteiger partial charge on any atom is -0.481 e. The second-order valence-electron chi connectivity index (χ2n) is 5.05. The van der Waals surface area contributed by atoms with Crippen LogP contribution < -0.4 is 10.6 Å². The second-order valence-corrected chi connectivity index (χ2v) is 5.05. The van der Waals surface area contributed by atoms with Crippen LogP contribution in [0.3, 0.4) is 0 Å². The molecule has 0 saturated carbocycles. The number of ether oxygens (including phenoxy) is 1. The molecule has 3 N–H and O–H groups in total. The van der Waals surface area contributed by atoms with E-state index in [-0.39, 0.29) is 6.42 Å². The van der Waals surface area contributed by atoms with Crippen LogP contribution in [0.1, 0.15) is 19.8 Å². The fraction of sp³-hybridized carbons (Fsp3) is 0.375. The summed E-state index contributed by atoms with van der Waals surface area (Å²) < 4.78 is 17.5. The number of anilines is 1. The van der Waals surface area contributed by atoms with Gasteiger partial charge >= 0.3 is 12.1 Å². The molecule has 25 heavy (non-hydrogen) atoms. The minimum atomic E-state index is -1.52. The van der Waals surface area contributed by atoms with Crippen LogP contribution in [-0.2, 0) is 19.1 Å². The minimum absolute atomic E-state index is 0.0810. The number of carboxylic acid groups (broad SMARTS) is 1. The van der Waals surface area contributed by atoms with E-state index in [1.165, 1.54) is 0 Å². The monoisotopic (exact) mass is 354 g/mol. The molecule has 0 spiro atoms. The summed E-state index contributed by atoms with van der Waals surface area (Å²) in [5.74, 6) is -3.32. The first-order valence-electron chi connectivity index (χ1n) is 7.50. The highest BCUT2D eigenvalue weighted by Gasteiger charge is 2.28. The van der Waals surface area contributed by atoms with Crippen LogP contribution in [0.15, 0.2) is 30.3 Å². The van der Waals surface area contributed by atoms with E-state index in [4.69, 9.17) is 9.84 Å². The van der Waals surface area contributed by atoms with Crippen molar-refractivity contribution in [3.8, 4) is 0 Å². The average molecular weight is 354 g/mol. The van der Waals surface area contributed by atoms with Crippen LogP contribution in [0.2, 0.25) is 0 Å². The van der Waals surface area contributed by atoms with Crippen LogP contribution in [0, 0.1) is 0 Å². The van der Waals surface area contributed by atoms with Crippen molar-refractivity contribution in [1.82, 2.24) is 5.32 Å². The first-order valence-corrected chi connectivity index (χ1v) is 7.50. The lowest BCUT2D eigenvalue weighted by Gasteiger charge is -2.20. The summed E-state index contributed by atoms with van der Waals surface area (Å²) in [5.41, 5.74) is 0.458. The second kappa shape index (κ2) is 10.0. The Morgan fingerprint density at radius 1 is 1.20 bits per heavy atom. The van der Waals surface area contributed by atoms with Gasteiger partial charge in [0.2, 0.25) is 0 Å². The highest BCUT2D eigenvalue weighted by molar-refractivity contribution is 5.94. The fourth-order valence-electron chi connectivity index (χ4n) is 1.90. The molecule has 2 amide bonds. The van der Waals surface area contributed by atoms with Gasteiger partial charge in [0.25, 0.3) is 5.91 Å². The molecule has 0 heterocycles. The zero-order valence-corrected chi connectivity index (χ0v) is 13.5. The number of ketones is 1. The molecular formula is C16H19FN2O6. The molecule has 8 nitrogen and oxygen atoms in total. The molecule has 0 aliphatic rings. The Labute approximate surface area is 143 Å². The number of carboxylic acids is 1. The Morgan fingerprint density at radius 3 is 2.36 bits per heavy atom. The molecule has 136 valence electrons. The maximum Gasteiger partial charge on any atom is 0.412 e. The molecule has 0 aliphatic heterocycles. The number of rotatable bonds is 9. The van der Waals surface area contributed by atoms with Crippen LogP contribution in [0.25, 0.3) is 0 Å². The summed E-state index contributed by atoms with van der Waals surface area (Å²) in [4.78, 5) is 46.0. The molecule has 0 bridgehead atoms. The number of amides is 2. The number of alkyl halides is 1. The predicted molar refractivity (Wildman–Crippen MR) is 85.8 cm³/mol. The molecule has 0 aromatic heterocycles. The van der Waals surface area contributed by atoms with E-state index < -0.39 is 49.0 Å². The van der Waals surface area contributed by atoms with Gasteiger partial charge in [-0.1, -0.05) is 25.1 Å². The van der Waals surface area contributed by atoms with Crippen molar-refractivity contribution in [2.75, 3.05) is 12.0 Å². The summed E-state index contributed by atoms with van der Waals surface area (Å²) >= 11 is 0. The molecule has 0 aliphatic carbocycles. The lowest BCUT2D eigenvalue weighted by molar-refractivity contribution is -0.141. The van der Waals surface area contributed by atoms with E-state index in [2.05, 4.69) is 10.6 Å². The number of benzene rings is 1. The lowest BCUT2D eigenvalue weighted by Crippen LogP contribution is -2.48. The normalized spacial score (nSPS) is 12.6. The summed E-state index contributed by atoms with van der Waals surface area (Å²) in [6, 6.07) is 6.85. The maximum absolute atomic E-state index is 12.5. The van der Waals surface area contributed by atoms with Crippen LogP contribution in [-0.4, -0.2) is 47.7 Å². The summed E-state index contributed by atoms with van der Waals surface area (Å²) in [7, 11) is 0. The number of carbonyl (C=O) groups is 4. The molecular weight excluding hydrogens is 335 g/mol. The van der Waals surface area contributed by atoms with Crippen molar-refractivity contribution in [2.45, 2.75) is 31.9 Å². The summed E-state index contributed by atoms with van der Waals surface area (Å²) in [5, 5.41) is 13.2. The average Bonchev–Trinajstić information content (AvgIpc) is 2.58. The van der Waals surface area contributed by atoms with Gasteiger partial charge in [-0.3, -0.25) is 19.7 Å². The van der Waals surface area contributed by atoms with Crippen molar-refractivity contribution in [3.05, 3.63) is 30.3 Å². The Balaban J connectivity index is 2.67. The molecule has 1 aromatic carbocycles. The Bertz CT molecular complexity index is 622. The van der Waals surface area contributed by atoms with E-state index >= 15 is 0 Å². The van der Waals surface area contributed by atoms with Crippen molar-refractivity contribution >= 4 is 29.4 Å². The predicted octanol–water partition coefficient (Wildman–Crippen LogP) is 1.51. The molecule has 1 aromatic rings. The Hall–Kier alpha value is -2.97. The number of carbonyl (C=O) groups excluding carboxylic acids is 3. The van der Waals surface area contributed by atoms with E-state index in [9.17, 15) is 23.6 Å². The van der Waals surface area contributed by atoms with Crippen LogP contribution in [0.5, 0.6) is 0 Å². The highest BCUT2D eigenvalue weighted by Crippen LogP contribution is 2.08. The van der Waals surface area contributed by atoms with Crippen molar-refractivity contribution in [3.63, 3.8) is 0 Å². The highest BCUT2D eigenvalue weighted by atomic mass is 19.1. The van der Waals surface area contributed by atoms with Gasteiger partial charge in [-0.15, -0.1) is 0 Å². The number of aliphatic carboxylic acids is 1. The van der Waals surface area contributed by atoms with Crippen LogP contribution >= 0.6 is 0 Å². The van der Waals surface area contributed by atoms with Gasteiger partial charge in [-0.05, 0) is 18.6 Å². The first kappa shape index (κ1) is 20.1. The van der Waals surface area contributed by atoms with Crippen molar-refractivity contribution < 1.29 is 33.4 Å². The lowest BCUT2D eigenvalue weighted by atomic mass is 10.1. The van der Waals surface area contributed by atoms with Gasteiger partial charge in [0, 0.05) is 5.69 Å². The topological polar surface area (TPSA) is 122 Å². The summed E-state index contributed by atoms with van der Waals surface area (Å²) in [6.07, 6.45) is -2.83. The Morgan fingerprint density at radius 2 is 1.84 bits per heavy atom. The third kappa shape index (κ3) is 6.98. The van der Waals surface area contributed by atoms with Gasteiger partial charge in [0.05, 0.1) is 6.42 Å². The van der Waals surface area contributed by atoms with E-state index in [1.807, 2.05) is 0 Å². The number of Topliss-reactive ketones (excluding diaryl/α,β-unsaturated/α-hetero) is 1. The number of nitrogens with one attached hydrogen (secondary N) is 2. The number of hydrogen-bond donors (Lipinski definition) is 3. The van der Waals surface area contributed by atoms with Gasteiger partial charge in [0.1, 0.15) is 12.7 Å². The van der Waals surface area contributed by atoms with Gasteiger partial charge in [-0.2, -0.15) is 0 Å². The number of hydrogen-bond acceptors (Lipinski definition) is 5. The molecule has 0 radical (unpaired) electrons. The number of para-hydroxylation sites is 1. The first-order chi connectivity index (χ1) is 11.9. The molecule has 2 atom stereocenters. The molecule has 2 unspecified atom stereocenters. The van der Waals surface area contributed by atoms with Crippen LogP contribution in [0.4, 0.5) is 14.9 Å². The van der Waals surface area contributed by atoms with Crippen molar-refractivity contribution in [2.24, 2.45) is 0 Å². The van der Waals surface area contributed by atoms with E-state index in [1.54, 1.807) is 37.3 Å². The quantitative estimate of drug-likeness (QED) is 0.618. The maximum atomic E-state index is 12.5. The van der Waals surface area contributed by atoms with Gasteiger partial charge in [0.15, 0.2) is 11.9 Å². The fourth-order valence-corrected chi connectivity index (χ4v) is 1.90. The Kier molecular flexibility index (Phi) is 8.04. The third-order valence-corrected chi connectivity index (χ3v) is 3.15. The molecule has 0 saturated heterocycles. The largest absolute Gasteiger partial charge is 0.481 e. The van der Waals surface area contributed by atoms with Gasteiger partial charge < -0.3 is 15.2 Å². The zero-order valence-electron chi connectivity index (χ0n) is 13.5. The molecule has 1 rings (SSSR count). The zero-order chi connectivity index (χ0) is 18.8. The standard InChI is InChI=1S/C16H19FN2O6/c1-2-13(25-16(24)18-10-6-4-3-5-7-10)15(23)19-11(8-14(21)22)12(20)9-17/h3-7,11,13H,2,8-9H2,1H3,(H,18,24)(H,19,23)(H,21,22). The third-order valence-electron chi connectivity index (χ3n) is 3.15. The molecule has 0 fully saturated rings. The number of halogens is 1.